The number of alkyl halides is 2. The van der Waals surface area contributed by atoms with Crippen LogP contribution in [0.1, 0.15) is 5.56 Å². The monoisotopic (exact) mass is 390 g/mol. The Morgan fingerprint density at radius 3 is 2.57 bits per heavy atom. The standard InChI is InChI=1S/C17H12FIN2/c18-17(19)11-21-15(12-6-2-1-3-7-12)10-20-16(21)13-8-4-5-9-14(13)17/h1-10H,11H2. The topological polar surface area (TPSA) is 17.8 Å². The highest BCUT2D eigenvalue weighted by atomic mass is 127. The molecule has 0 amide bonds. The van der Waals surface area contributed by atoms with Crippen molar-refractivity contribution in [3.8, 4) is 22.6 Å². The van der Waals surface area contributed by atoms with Crippen LogP contribution in [0.15, 0.2) is 60.8 Å². The van der Waals surface area contributed by atoms with Crippen LogP contribution >= 0.6 is 22.6 Å². The van der Waals surface area contributed by atoms with Gasteiger partial charge in [-0.3, -0.25) is 0 Å². The Labute approximate surface area is 135 Å². The number of hydrogen-bond acceptors (Lipinski definition) is 1. The van der Waals surface area contributed by atoms with Crippen LogP contribution in [0.25, 0.3) is 22.6 Å². The van der Waals surface area contributed by atoms with E-state index in [4.69, 9.17) is 0 Å². The SMILES string of the molecule is FC1(I)Cn2c(-c3ccccc3)cnc2-c2ccccc21. The molecule has 1 aliphatic heterocycles. The summed E-state index contributed by atoms with van der Waals surface area (Å²) in [6.45, 7) is 0.282. The zero-order valence-electron chi connectivity index (χ0n) is 11.1. The molecule has 0 saturated heterocycles. The van der Waals surface area contributed by atoms with Crippen LogP contribution in [0.3, 0.4) is 0 Å². The smallest absolute Gasteiger partial charge is 0.204 e. The molecular weight excluding hydrogens is 378 g/mol. The molecule has 1 aliphatic rings. The lowest BCUT2D eigenvalue weighted by molar-refractivity contribution is 0.276. The highest BCUT2D eigenvalue weighted by Gasteiger charge is 2.38. The summed E-state index contributed by atoms with van der Waals surface area (Å²) < 4.78 is 15.6. The maximum Gasteiger partial charge on any atom is 0.204 e. The van der Waals surface area contributed by atoms with Crippen molar-refractivity contribution in [1.82, 2.24) is 9.55 Å². The zero-order valence-corrected chi connectivity index (χ0v) is 13.3. The van der Waals surface area contributed by atoms with E-state index in [1.54, 1.807) is 0 Å². The minimum atomic E-state index is -1.41. The second kappa shape index (κ2) is 4.66. The van der Waals surface area contributed by atoms with Gasteiger partial charge in [0.15, 0.2) is 0 Å². The molecule has 0 N–H and O–H groups in total. The largest absolute Gasteiger partial charge is 0.320 e. The number of halogens is 2. The lowest BCUT2D eigenvalue weighted by Crippen LogP contribution is -2.26. The normalized spacial score (nSPS) is 19.9. The Morgan fingerprint density at radius 1 is 1.05 bits per heavy atom. The quantitative estimate of drug-likeness (QED) is 0.432. The first-order valence-electron chi connectivity index (χ1n) is 6.75. The number of rotatable bonds is 1. The molecule has 2 aromatic carbocycles. The second-order valence-corrected chi connectivity index (χ2v) is 6.88. The van der Waals surface area contributed by atoms with Crippen molar-refractivity contribution in [2.24, 2.45) is 0 Å². The van der Waals surface area contributed by atoms with Crippen molar-refractivity contribution in [3.63, 3.8) is 0 Å². The van der Waals surface area contributed by atoms with Crippen molar-refractivity contribution in [3.05, 3.63) is 66.4 Å². The van der Waals surface area contributed by atoms with Crippen LogP contribution in [-0.2, 0) is 10.2 Å². The number of benzene rings is 2. The minimum absolute atomic E-state index is 0.282. The fourth-order valence-electron chi connectivity index (χ4n) is 2.87. The summed E-state index contributed by atoms with van der Waals surface area (Å²) in [7, 11) is 0. The van der Waals surface area contributed by atoms with E-state index in [0.717, 1.165) is 22.6 Å². The Hall–Kier alpha value is -1.69. The molecule has 0 radical (unpaired) electrons. The first kappa shape index (κ1) is 13.0. The first-order valence-corrected chi connectivity index (χ1v) is 7.83. The molecule has 1 unspecified atom stereocenters. The van der Waals surface area contributed by atoms with Gasteiger partial charge < -0.3 is 4.57 Å². The first-order chi connectivity index (χ1) is 10.2. The zero-order chi connectivity index (χ0) is 14.4. The van der Waals surface area contributed by atoms with E-state index in [2.05, 4.69) is 4.98 Å². The molecule has 0 spiro atoms. The molecule has 3 aromatic rings. The molecule has 1 atom stereocenters. The number of fused-ring (bicyclic) bond motifs is 3. The van der Waals surface area contributed by atoms with E-state index in [0.29, 0.717) is 5.56 Å². The number of hydrogen-bond donors (Lipinski definition) is 0. The van der Waals surface area contributed by atoms with Crippen LogP contribution in [0, 0.1) is 0 Å². The van der Waals surface area contributed by atoms with Crippen molar-refractivity contribution < 1.29 is 4.39 Å². The van der Waals surface area contributed by atoms with Gasteiger partial charge in [-0.25, -0.2) is 9.37 Å². The van der Waals surface area contributed by atoms with Crippen molar-refractivity contribution in [2.45, 2.75) is 10.2 Å². The number of imidazole rings is 1. The van der Waals surface area contributed by atoms with Crippen LogP contribution in [0.5, 0.6) is 0 Å². The predicted octanol–water partition coefficient (Wildman–Crippen LogP) is 4.79. The Morgan fingerprint density at radius 2 is 1.76 bits per heavy atom. The van der Waals surface area contributed by atoms with E-state index in [1.807, 2.05) is 88.0 Å². The highest BCUT2D eigenvalue weighted by molar-refractivity contribution is 14.1. The van der Waals surface area contributed by atoms with Crippen LogP contribution < -0.4 is 0 Å². The summed E-state index contributed by atoms with van der Waals surface area (Å²) >= 11 is 1.90. The van der Waals surface area contributed by atoms with Gasteiger partial charge in [0.1, 0.15) is 5.82 Å². The van der Waals surface area contributed by atoms with Gasteiger partial charge in [0.05, 0.1) is 18.4 Å². The summed E-state index contributed by atoms with van der Waals surface area (Å²) in [5.41, 5.74) is 3.60. The Balaban J connectivity index is 1.96. The average molecular weight is 390 g/mol. The van der Waals surface area contributed by atoms with Gasteiger partial charge in [-0.1, -0.05) is 54.6 Å². The van der Waals surface area contributed by atoms with Gasteiger partial charge in [0.25, 0.3) is 0 Å². The summed E-state index contributed by atoms with van der Waals surface area (Å²) in [5.74, 6) is 0.842. The van der Waals surface area contributed by atoms with E-state index in [9.17, 15) is 0 Å². The van der Waals surface area contributed by atoms with Gasteiger partial charge in [-0.15, -0.1) is 0 Å². The van der Waals surface area contributed by atoms with Gasteiger partial charge in [-0.2, -0.15) is 0 Å². The summed E-state index contributed by atoms with van der Waals surface area (Å²) in [4.78, 5) is 4.53. The highest BCUT2D eigenvalue weighted by Crippen LogP contribution is 2.46. The molecule has 0 bridgehead atoms. The maximum atomic E-state index is 15.1. The van der Waals surface area contributed by atoms with Gasteiger partial charge in [0.2, 0.25) is 3.68 Å². The van der Waals surface area contributed by atoms with E-state index < -0.39 is 3.68 Å². The van der Waals surface area contributed by atoms with Crippen molar-refractivity contribution in [1.29, 1.82) is 0 Å². The van der Waals surface area contributed by atoms with E-state index >= 15 is 4.39 Å². The molecule has 21 heavy (non-hydrogen) atoms. The molecule has 104 valence electrons. The van der Waals surface area contributed by atoms with Crippen LogP contribution in [0.2, 0.25) is 0 Å². The maximum absolute atomic E-state index is 15.1. The number of aromatic nitrogens is 2. The van der Waals surface area contributed by atoms with Crippen molar-refractivity contribution in [2.75, 3.05) is 0 Å². The molecule has 0 aliphatic carbocycles. The fraction of sp³-hybridized carbons (Fsp3) is 0.118. The summed E-state index contributed by atoms with van der Waals surface area (Å²) in [6.07, 6.45) is 1.83. The third-order valence-electron chi connectivity index (χ3n) is 3.84. The molecule has 0 saturated carbocycles. The van der Waals surface area contributed by atoms with E-state index in [-0.39, 0.29) is 6.54 Å². The molecule has 4 rings (SSSR count). The third kappa shape index (κ3) is 2.00. The average Bonchev–Trinajstić information content (AvgIpc) is 2.91. The molecule has 2 nitrogen and oxygen atoms in total. The lowest BCUT2D eigenvalue weighted by atomic mass is 9.99. The fourth-order valence-corrected chi connectivity index (χ4v) is 3.68. The lowest BCUT2D eigenvalue weighted by Gasteiger charge is -2.29. The van der Waals surface area contributed by atoms with E-state index in [1.165, 1.54) is 0 Å². The summed E-state index contributed by atoms with van der Waals surface area (Å²) in [6, 6.07) is 17.6. The summed E-state index contributed by atoms with van der Waals surface area (Å²) in [5, 5.41) is 0. The van der Waals surface area contributed by atoms with Gasteiger partial charge >= 0.3 is 0 Å². The Bertz CT molecular complexity index is 795. The molecule has 2 heterocycles. The van der Waals surface area contributed by atoms with Gasteiger partial charge in [0, 0.05) is 11.1 Å². The number of nitrogens with zero attached hydrogens (tertiary/aromatic N) is 2. The minimum Gasteiger partial charge on any atom is -0.320 e. The third-order valence-corrected chi connectivity index (χ3v) is 4.77. The van der Waals surface area contributed by atoms with Crippen LogP contribution in [0.4, 0.5) is 4.39 Å². The molecule has 4 heteroatoms. The van der Waals surface area contributed by atoms with Crippen molar-refractivity contribution >= 4 is 22.6 Å². The second-order valence-electron chi connectivity index (χ2n) is 5.17. The Kier molecular flexibility index (Phi) is 2.89. The molecule has 0 fully saturated rings. The van der Waals surface area contributed by atoms with Crippen LogP contribution in [-0.4, -0.2) is 9.55 Å². The molecular formula is C17H12FIN2. The van der Waals surface area contributed by atoms with Gasteiger partial charge in [-0.05, 0) is 28.2 Å². The molecule has 1 aromatic heterocycles. The predicted molar refractivity (Wildman–Crippen MR) is 89.9 cm³/mol.